The summed E-state index contributed by atoms with van der Waals surface area (Å²) in [5.74, 6) is -0.830. The van der Waals surface area contributed by atoms with Crippen LogP contribution >= 0.6 is 11.6 Å². The normalized spacial score (nSPS) is 10.7. The Labute approximate surface area is 134 Å². The highest BCUT2D eigenvalue weighted by Crippen LogP contribution is 2.30. The Kier molecular flexibility index (Phi) is 4.72. The lowest BCUT2D eigenvalue weighted by atomic mass is 10.2. The van der Waals surface area contributed by atoms with Crippen LogP contribution in [0.4, 0.5) is 17.1 Å². The SMILES string of the molecule is O=[N+]([O-])c1cccc(N/N=C\c2cc(Cl)cc([N+](=O)[O-])c2[O-])c1. The summed E-state index contributed by atoms with van der Waals surface area (Å²) in [6, 6.07) is 7.73. The maximum atomic E-state index is 11.8. The Hall–Kier alpha value is -3.20. The molecule has 9 nitrogen and oxygen atoms in total. The van der Waals surface area contributed by atoms with Gasteiger partial charge in [0.25, 0.3) is 11.4 Å². The van der Waals surface area contributed by atoms with E-state index in [0.29, 0.717) is 5.69 Å². The molecule has 0 aliphatic carbocycles. The lowest BCUT2D eigenvalue weighted by molar-refractivity contribution is -0.398. The van der Waals surface area contributed by atoms with Crippen LogP contribution in [0.15, 0.2) is 41.5 Å². The summed E-state index contributed by atoms with van der Waals surface area (Å²) in [4.78, 5) is 20.0. The van der Waals surface area contributed by atoms with Crippen molar-refractivity contribution in [3.63, 3.8) is 0 Å². The van der Waals surface area contributed by atoms with Crippen LogP contribution < -0.4 is 10.5 Å². The van der Waals surface area contributed by atoms with Crippen LogP contribution in [0.2, 0.25) is 5.02 Å². The highest BCUT2D eigenvalue weighted by atomic mass is 35.5. The summed E-state index contributed by atoms with van der Waals surface area (Å²) in [5.41, 5.74) is 1.95. The molecule has 0 radical (unpaired) electrons. The number of nitro benzene ring substituents is 2. The second-order valence-corrected chi connectivity index (χ2v) is 4.71. The monoisotopic (exact) mass is 335 g/mol. The molecular formula is C13H8ClN4O5-. The number of nitrogens with zero attached hydrogens (tertiary/aromatic N) is 3. The van der Waals surface area contributed by atoms with E-state index < -0.39 is 21.3 Å². The van der Waals surface area contributed by atoms with Crippen molar-refractivity contribution >= 4 is 34.9 Å². The molecule has 2 aromatic rings. The molecule has 10 heteroatoms. The van der Waals surface area contributed by atoms with Gasteiger partial charge in [0, 0.05) is 23.2 Å². The second kappa shape index (κ2) is 6.71. The third-order valence-corrected chi connectivity index (χ3v) is 2.93. The fourth-order valence-electron chi connectivity index (χ4n) is 1.70. The van der Waals surface area contributed by atoms with Crippen molar-refractivity contribution in [3.8, 4) is 5.75 Å². The molecule has 0 atom stereocenters. The standard InChI is InChI=1S/C13H9ClN4O5/c14-9-4-8(13(19)12(5-9)18(22)23)7-15-16-10-2-1-3-11(6-10)17(20)21/h1-7,16,19H/p-1/b15-7-. The number of benzene rings is 2. The molecule has 0 aliphatic heterocycles. The Balaban J connectivity index is 2.23. The van der Waals surface area contributed by atoms with Gasteiger partial charge in [-0.2, -0.15) is 5.10 Å². The molecular weight excluding hydrogens is 328 g/mol. The second-order valence-electron chi connectivity index (χ2n) is 4.28. The first-order valence-corrected chi connectivity index (χ1v) is 6.45. The van der Waals surface area contributed by atoms with Crippen LogP contribution in [0.1, 0.15) is 5.56 Å². The predicted octanol–water partition coefficient (Wildman–Crippen LogP) is 2.68. The minimum Gasteiger partial charge on any atom is -0.867 e. The van der Waals surface area contributed by atoms with Gasteiger partial charge in [-0.3, -0.25) is 25.7 Å². The number of nitrogens with one attached hydrogen (secondary N) is 1. The molecule has 0 bridgehead atoms. The van der Waals surface area contributed by atoms with Crippen LogP contribution in [0, 0.1) is 20.2 Å². The lowest BCUT2D eigenvalue weighted by Gasteiger charge is -2.10. The van der Waals surface area contributed by atoms with Gasteiger partial charge in [-0.1, -0.05) is 17.7 Å². The maximum absolute atomic E-state index is 11.8. The van der Waals surface area contributed by atoms with Crippen LogP contribution in [0.5, 0.6) is 5.75 Å². The van der Waals surface area contributed by atoms with Gasteiger partial charge in [0.15, 0.2) is 0 Å². The quantitative estimate of drug-likeness (QED) is 0.507. The minimum absolute atomic E-state index is 0.0214. The Bertz CT molecular complexity index is 809. The van der Waals surface area contributed by atoms with Crippen LogP contribution in [0.3, 0.4) is 0 Å². The summed E-state index contributed by atoms with van der Waals surface area (Å²) < 4.78 is 0. The molecule has 0 aromatic heterocycles. The first kappa shape index (κ1) is 16.2. The molecule has 0 unspecified atom stereocenters. The van der Waals surface area contributed by atoms with Crippen molar-refractivity contribution in [3.05, 3.63) is 67.2 Å². The maximum Gasteiger partial charge on any atom is 0.271 e. The molecule has 0 spiro atoms. The molecule has 0 saturated carbocycles. The zero-order valence-corrected chi connectivity index (χ0v) is 12.1. The van der Waals surface area contributed by atoms with Crippen molar-refractivity contribution in [2.45, 2.75) is 0 Å². The van der Waals surface area contributed by atoms with E-state index in [1.165, 1.54) is 30.3 Å². The molecule has 0 aliphatic rings. The smallest absolute Gasteiger partial charge is 0.271 e. The van der Waals surface area contributed by atoms with Gasteiger partial charge in [-0.05, 0) is 23.4 Å². The average Bonchev–Trinajstić information content (AvgIpc) is 2.50. The highest BCUT2D eigenvalue weighted by molar-refractivity contribution is 6.31. The number of hydrogen-bond donors (Lipinski definition) is 1. The molecule has 0 fully saturated rings. The number of hydrazone groups is 1. The van der Waals surface area contributed by atoms with E-state index >= 15 is 0 Å². The fourth-order valence-corrected chi connectivity index (χ4v) is 1.92. The molecule has 1 N–H and O–H groups in total. The van der Waals surface area contributed by atoms with E-state index in [1.807, 2.05) is 0 Å². The van der Waals surface area contributed by atoms with Crippen LogP contribution in [0.25, 0.3) is 0 Å². The number of non-ortho nitro benzene ring substituents is 1. The van der Waals surface area contributed by atoms with E-state index in [1.54, 1.807) is 0 Å². The number of halogens is 1. The summed E-state index contributed by atoms with van der Waals surface area (Å²) in [7, 11) is 0. The van der Waals surface area contributed by atoms with E-state index in [4.69, 9.17) is 11.6 Å². The Morgan fingerprint density at radius 1 is 1.13 bits per heavy atom. The average molecular weight is 336 g/mol. The van der Waals surface area contributed by atoms with Gasteiger partial charge in [0.2, 0.25) is 0 Å². The summed E-state index contributed by atoms with van der Waals surface area (Å²) in [6.07, 6.45) is 1.06. The van der Waals surface area contributed by atoms with E-state index in [0.717, 1.165) is 12.3 Å². The zero-order chi connectivity index (χ0) is 17.0. The van der Waals surface area contributed by atoms with E-state index in [9.17, 15) is 25.3 Å². The molecule has 0 heterocycles. The number of hydrogen-bond acceptors (Lipinski definition) is 7. The van der Waals surface area contributed by atoms with Crippen molar-refractivity contribution in [1.82, 2.24) is 0 Å². The van der Waals surface area contributed by atoms with E-state index in [2.05, 4.69) is 10.5 Å². The summed E-state index contributed by atoms with van der Waals surface area (Å²) >= 11 is 5.72. The first-order valence-electron chi connectivity index (χ1n) is 6.07. The Morgan fingerprint density at radius 3 is 2.52 bits per heavy atom. The molecule has 0 saturated heterocycles. The first-order chi connectivity index (χ1) is 10.9. The fraction of sp³-hybridized carbons (Fsp3) is 0. The van der Waals surface area contributed by atoms with Crippen molar-refractivity contribution in [2.75, 3.05) is 5.43 Å². The van der Waals surface area contributed by atoms with Gasteiger partial charge in [0.05, 0.1) is 21.7 Å². The van der Waals surface area contributed by atoms with Gasteiger partial charge < -0.3 is 5.11 Å². The molecule has 2 aromatic carbocycles. The zero-order valence-electron chi connectivity index (χ0n) is 11.3. The van der Waals surface area contributed by atoms with Gasteiger partial charge in [-0.25, -0.2) is 0 Å². The predicted molar refractivity (Wildman–Crippen MR) is 81.9 cm³/mol. The van der Waals surface area contributed by atoms with Crippen LogP contribution in [-0.2, 0) is 0 Å². The highest BCUT2D eigenvalue weighted by Gasteiger charge is 2.11. The van der Waals surface area contributed by atoms with Gasteiger partial charge in [-0.15, -0.1) is 0 Å². The van der Waals surface area contributed by atoms with Crippen molar-refractivity contribution in [2.24, 2.45) is 5.10 Å². The molecule has 0 amide bonds. The molecule has 23 heavy (non-hydrogen) atoms. The summed E-state index contributed by atoms with van der Waals surface area (Å²) in [5, 5.41) is 37.0. The number of rotatable bonds is 5. The number of nitro groups is 2. The molecule has 2 rings (SSSR count). The summed E-state index contributed by atoms with van der Waals surface area (Å²) in [6.45, 7) is 0. The van der Waals surface area contributed by atoms with Crippen LogP contribution in [-0.4, -0.2) is 16.1 Å². The number of anilines is 1. The van der Waals surface area contributed by atoms with Gasteiger partial charge in [0.1, 0.15) is 0 Å². The topological polar surface area (TPSA) is 134 Å². The third kappa shape index (κ3) is 3.92. The Morgan fingerprint density at radius 2 is 1.87 bits per heavy atom. The van der Waals surface area contributed by atoms with Crippen molar-refractivity contribution in [1.29, 1.82) is 0 Å². The van der Waals surface area contributed by atoms with Crippen molar-refractivity contribution < 1.29 is 15.0 Å². The van der Waals surface area contributed by atoms with Gasteiger partial charge >= 0.3 is 0 Å². The molecule has 118 valence electrons. The minimum atomic E-state index is -0.834. The van der Waals surface area contributed by atoms with E-state index in [-0.39, 0.29) is 16.3 Å². The largest absolute Gasteiger partial charge is 0.867 e. The third-order valence-electron chi connectivity index (χ3n) is 2.71. The lowest BCUT2D eigenvalue weighted by Crippen LogP contribution is -2.03.